The van der Waals surface area contributed by atoms with E-state index in [0.717, 1.165) is 24.2 Å². The van der Waals surface area contributed by atoms with Crippen LogP contribution in [0.25, 0.3) is 0 Å². The highest BCUT2D eigenvalue weighted by Crippen LogP contribution is 2.24. The number of amides is 1. The molecule has 134 valence electrons. The normalized spacial score (nSPS) is 17.9. The Morgan fingerprint density at radius 2 is 2.28 bits per heavy atom. The van der Waals surface area contributed by atoms with Gasteiger partial charge in [-0.15, -0.1) is 0 Å². The van der Waals surface area contributed by atoms with Gasteiger partial charge in [0, 0.05) is 25.0 Å². The van der Waals surface area contributed by atoms with Crippen LogP contribution in [0.3, 0.4) is 0 Å². The Balaban J connectivity index is 1.65. The molecule has 0 saturated carbocycles. The minimum atomic E-state index is -0.0159. The molecule has 0 radical (unpaired) electrons. The van der Waals surface area contributed by atoms with Crippen LogP contribution in [0.1, 0.15) is 53.7 Å². The van der Waals surface area contributed by atoms with E-state index < -0.39 is 0 Å². The molecule has 0 N–H and O–H groups in total. The third kappa shape index (κ3) is 4.04. The number of rotatable bonds is 5. The first-order chi connectivity index (χ1) is 12.1. The average Bonchev–Trinajstić information content (AvgIpc) is 3.02. The van der Waals surface area contributed by atoms with Gasteiger partial charge in [0.05, 0.1) is 18.4 Å². The van der Waals surface area contributed by atoms with E-state index in [0.29, 0.717) is 31.0 Å². The second kappa shape index (κ2) is 7.74. The molecule has 0 unspecified atom stereocenters. The van der Waals surface area contributed by atoms with Gasteiger partial charge in [-0.05, 0) is 31.7 Å². The van der Waals surface area contributed by atoms with Crippen molar-refractivity contribution in [1.82, 2.24) is 20.0 Å². The molecule has 1 aliphatic heterocycles. The first-order valence-corrected chi connectivity index (χ1v) is 8.68. The van der Waals surface area contributed by atoms with E-state index in [-0.39, 0.29) is 17.9 Å². The number of carbonyl (C=O) groups excluding carboxylic acids is 1. The van der Waals surface area contributed by atoms with Gasteiger partial charge in [0.15, 0.2) is 0 Å². The van der Waals surface area contributed by atoms with E-state index >= 15 is 0 Å². The van der Waals surface area contributed by atoms with Crippen LogP contribution in [0.5, 0.6) is 0 Å². The molecule has 1 atom stereocenters. The molecule has 2 aromatic heterocycles. The third-order valence-electron chi connectivity index (χ3n) is 4.44. The topological polar surface area (TPSA) is 81.4 Å². The molecular weight excluding hydrogens is 320 g/mol. The second-order valence-corrected chi connectivity index (χ2v) is 6.64. The summed E-state index contributed by atoms with van der Waals surface area (Å²) in [5.74, 6) is 0.710. The fourth-order valence-electron chi connectivity index (χ4n) is 3.05. The Hall–Kier alpha value is -2.28. The molecule has 1 aliphatic rings. The minimum Gasteiger partial charge on any atom is -0.375 e. The number of aryl methyl sites for hydroxylation is 2. The quantitative estimate of drug-likeness (QED) is 0.828. The standard InChI is InChI=1S/C18H24N4O3/c1-12(2)17-16(13(3)25-21-17)18(23)22-8-9-24-15(10-22)5-4-14-6-7-19-11-20-14/h6-7,11-12,15H,4-5,8-10H2,1-3H3/t15-/m0/s1. The van der Waals surface area contributed by atoms with Gasteiger partial charge < -0.3 is 14.2 Å². The van der Waals surface area contributed by atoms with Gasteiger partial charge >= 0.3 is 0 Å². The summed E-state index contributed by atoms with van der Waals surface area (Å²) in [7, 11) is 0. The summed E-state index contributed by atoms with van der Waals surface area (Å²) in [6, 6.07) is 1.90. The summed E-state index contributed by atoms with van der Waals surface area (Å²) in [5.41, 5.74) is 2.32. The van der Waals surface area contributed by atoms with Gasteiger partial charge in [0.25, 0.3) is 5.91 Å². The van der Waals surface area contributed by atoms with Crippen LogP contribution in [0.4, 0.5) is 0 Å². The van der Waals surface area contributed by atoms with Gasteiger partial charge in [-0.2, -0.15) is 0 Å². The summed E-state index contributed by atoms with van der Waals surface area (Å²) in [6.45, 7) is 7.52. The lowest BCUT2D eigenvalue weighted by Gasteiger charge is -2.33. The SMILES string of the molecule is Cc1onc(C(C)C)c1C(=O)N1CCO[C@@H](CCc2ccncn2)C1. The van der Waals surface area contributed by atoms with Crippen molar-refractivity contribution in [3.63, 3.8) is 0 Å². The molecule has 1 fully saturated rings. The molecule has 0 aromatic carbocycles. The first-order valence-electron chi connectivity index (χ1n) is 8.68. The zero-order valence-electron chi connectivity index (χ0n) is 14.9. The van der Waals surface area contributed by atoms with Crippen molar-refractivity contribution >= 4 is 5.91 Å². The Morgan fingerprint density at radius 3 is 3.00 bits per heavy atom. The van der Waals surface area contributed by atoms with Gasteiger partial charge in [0.1, 0.15) is 17.7 Å². The summed E-state index contributed by atoms with van der Waals surface area (Å²) in [6.07, 6.45) is 4.92. The lowest BCUT2D eigenvalue weighted by molar-refractivity contribution is -0.0247. The molecule has 0 spiro atoms. The highest BCUT2D eigenvalue weighted by atomic mass is 16.5. The molecule has 7 heteroatoms. The van der Waals surface area contributed by atoms with Crippen molar-refractivity contribution in [1.29, 1.82) is 0 Å². The lowest BCUT2D eigenvalue weighted by atomic mass is 10.0. The highest BCUT2D eigenvalue weighted by molar-refractivity contribution is 5.96. The molecule has 1 amide bonds. The summed E-state index contributed by atoms with van der Waals surface area (Å²) >= 11 is 0. The number of morpholine rings is 1. The Labute approximate surface area is 147 Å². The van der Waals surface area contributed by atoms with Crippen LogP contribution in [0.15, 0.2) is 23.1 Å². The minimum absolute atomic E-state index is 0.00957. The fourth-order valence-corrected chi connectivity index (χ4v) is 3.05. The van der Waals surface area contributed by atoms with Gasteiger partial charge in [-0.3, -0.25) is 4.79 Å². The summed E-state index contributed by atoms with van der Waals surface area (Å²) in [4.78, 5) is 23.0. The zero-order valence-corrected chi connectivity index (χ0v) is 14.9. The van der Waals surface area contributed by atoms with Crippen LogP contribution in [-0.2, 0) is 11.2 Å². The third-order valence-corrected chi connectivity index (χ3v) is 4.44. The molecule has 3 rings (SSSR count). The number of nitrogens with zero attached hydrogens (tertiary/aromatic N) is 4. The monoisotopic (exact) mass is 344 g/mol. The molecule has 0 bridgehead atoms. The van der Waals surface area contributed by atoms with Crippen molar-refractivity contribution in [2.45, 2.75) is 45.6 Å². The van der Waals surface area contributed by atoms with Crippen molar-refractivity contribution in [3.05, 3.63) is 41.3 Å². The van der Waals surface area contributed by atoms with Crippen molar-refractivity contribution in [2.75, 3.05) is 19.7 Å². The summed E-state index contributed by atoms with van der Waals surface area (Å²) < 4.78 is 11.1. The van der Waals surface area contributed by atoms with E-state index in [2.05, 4.69) is 15.1 Å². The van der Waals surface area contributed by atoms with Gasteiger partial charge in [-0.25, -0.2) is 9.97 Å². The van der Waals surface area contributed by atoms with E-state index in [1.54, 1.807) is 19.4 Å². The molecular formula is C18H24N4O3. The first kappa shape index (κ1) is 17.5. The molecule has 0 aliphatic carbocycles. The van der Waals surface area contributed by atoms with E-state index in [4.69, 9.17) is 9.26 Å². The van der Waals surface area contributed by atoms with Gasteiger partial charge in [-0.1, -0.05) is 19.0 Å². The van der Waals surface area contributed by atoms with Crippen LogP contribution >= 0.6 is 0 Å². The van der Waals surface area contributed by atoms with Crippen molar-refractivity contribution in [3.8, 4) is 0 Å². The van der Waals surface area contributed by atoms with Gasteiger partial charge in [0.2, 0.25) is 0 Å². The maximum absolute atomic E-state index is 13.0. The molecule has 25 heavy (non-hydrogen) atoms. The fraction of sp³-hybridized carbons (Fsp3) is 0.556. The van der Waals surface area contributed by atoms with E-state index in [9.17, 15) is 4.79 Å². The Bertz CT molecular complexity index is 714. The smallest absolute Gasteiger partial charge is 0.259 e. The zero-order chi connectivity index (χ0) is 17.8. The molecule has 7 nitrogen and oxygen atoms in total. The second-order valence-electron chi connectivity index (χ2n) is 6.64. The number of ether oxygens (including phenoxy) is 1. The molecule has 3 heterocycles. The van der Waals surface area contributed by atoms with Crippen LogP contribution in [-0.4, -0.2) is 51.7 Å². The lowest BCUT2D eigenvalue weighted by Crippen LogP contribution is -2.46. The number of carbonyl (C=O) groups is 1. The van der Waals surface area contributed by atoms with Crippen LogP contribution < -0.4 is 0 Å². The average molecular weight is 344 g/mol. The maximum Gasteiger partial charge on any atom is 0.259 e. The number of hydrogen-bond donors (Lipinski definition) is 0. The van der Waals surface area contributed by atoms with Crippen LogP contribution in [0, 0.1) is 6.92 Å². The maximum atomic E-state index is 13.0. The van der Waals surface area contributed by atoms with Crippen LogP contribution in [0.2, 0.25) is 0 Å². The number of aromatic nitrogens is 3. The predicted molar refractivity (Wildman–Crippen MR) is 91.3 cm³/mol. The summed E-state index contributed by atoms with van der Waals surface area (Å²) in [5, 5.41) is 4.06. The van der Waals surface area contributed by atoms with E-state index in [1.807, 2.05) is 24.8 Å². The molecule has 1 saturated heterocycles. The Kier molecular flexibility index (Phi) is 5.43. The molecule has 2 aromatic rings. The number of hydrogen-bond acceptors (Lipinski definition) is 6. The highest BCUT2D eigenvalue weighted by Gasteiger charge is 2.30. The largest absolute Gasteiger partial charge is 0.375 e. The predicted octanol–water partition coefficient (Wildman–Crippen LogP) is 2.37. The Morgan fingerprint density at radius 1 is 1.44 bits per heavy atom. The van der Waals surface area contributed by atoms with Crippen molar-refractivity contribution in [2.24, 2.45) is 0 Å². The van der Waals surface area contributed by atoms with E-state index in [1.165, 1.54) is 0 Å². The van der Waals surface area contributed by atoms with Crippen molar-refractivity contribution < 1.29 is 14.1 Å².